The van der Waals surface area contributed by atoms with Gasteiger partial charge >= 0.3 is 5.97 Å². The van der Waals surface area contributed by atoms with E-state index < -0.39 is 5.97 Å². The molecule has 1 unspecified atom stereocenters. The van der Waals surface area contributed by atoms with Gasteiger partial charge < -0.3 is 9.72 Å². The summed E-state index contributed by atoms with van der Waals surface area (Å²) in [5, 5.41) is 2.02. The van der Waals surface area contributed by atoms with Gasteiger partial charge in [-0.3, -0.25) is 9.69 Å². The maximum Gasteiger partial charge on any atom is 0.339 e. The van der Waals surface area contributed by atoms with E-state index in [1.165, 1.54) is 12.0 Å². The number of carbonyl (C=O) groups excluding carboxylic acids is 2. The second-order valence-corrected chi connectivity index (χ2v) is 6.68. The van der Waals surface area contributed by atoms with Gasteiger partial charge in [0.1, 0.15) is 0 Å². The van der Waals surface area contributed by atoms with Crippen LogP contribution in [0.15, 0.2) is 17.5 Å². The molecule has 0 aliphatic carbocycles. The zero-order valence-electron chi connectivity index (χ0n) is 14.1. The molecule has 0 fully saturated rings. The summed E-state index contributed by atoms with van der Waals surface area (Å²) in [6.07, 6.45) is 0. The Hall–Kier alpha value is -1.92. The molecule has 0 spiro atoms. The van der Waals surface area contributed by atoms with Crippen molar-refractivity contribution >= 4 is 23.1 Å². The standard InChI is InChI=1S/C17H22N2O3S/c1-10-14(17(21)22-5)11(2)18-15(10)16(20)12(3)19(4)9-13-7-6-8-23-13/h6-8,12,18H,9H2,1-5H3. The number of thiophene rings is 1. The van der Waals surface area contributed by atoms with Crippen molar-refractivity contribution in [3.8, 4) is 0 Å². The second-order valence-electron chi connectivity index (χ2n) is 5.65. The number of aromatic amines is 1. The second kappa shape index (κ2) is 7.10. The number of aryl methyl sites for hydroxylation is 1. The van der Waals surface area contributed by atoms with Crippen LogP contribution in [-0.2, 0) is 11.3 Å². The van der Waals surface area contributed by atoms with Crippen molar-refractivity contribution in [2.45, 2.75) is 33.4 Å². The first kappa shape index (κ1) is 17.4. The smallest absolute Gasteiger partial charge is 0.339 e. The summed E-state index contributed by atoms with van der Waals surface area (Å²) in [6, 6.07) is 3.76. The third-order valence-electron chi connectivity index (χ3n) is 4.10. The molecule has 0 radical (unpaired) electrons. The Balaban J connectivity index is 2.21. The number of ketones is 1. The van der Waals surface area contributed by atoms with E-state index in [0.29, 0.717) is 29.1 Å². The van der Waals surface area contributed by atoms with Crippen molar-refractivity contribution in [2.75, 3.05) is 14.2 Å². The molecular weight excluding hydrogens is 312 g/mol. The predicted octanol–water partition coefficient (Wildman–Crippen LogP) is 3.18. The number of ether oxygens (including phenoxy) is 1. The van der Waals surface area contributed by atoms with Gasteiger partial charge in [0.2, 0.25) is 0 Å². The minimum atomic E-state index is -0.421. The van der Waals surface area contributed by atoms with E-state index in [-0.39, 0.29) is 11.8 Å². The minimum Gasteiger partial charge on any atom is -0.465 e. The lowest BCUT2D eigenvalue weighted by atomic mass is 10.0. The summed E-state index contributed by atoms with van der Waals surface area (Å²) in [5.74, 6) is -0.449. The molecule has 0 saturated carbocycles. The molecule has 2 rings (SSSR count). The van der Waals surface area contributed by atoms with Crippen LogP contribution in [0.25, 0.3) is 0 Å². The molecule has 5 nitrogen and oxygen atoms in total. The van der Waals surface area contributed by atoms with Crippen LogP contribution in [0.3, 0.4) is 0 Å². The van der Waals surface area contributed by atoms with Crippen LogP contribution in [0, 0.1) is 13.8 Å². The highest BCUT2D eigenvalue weighted by Gasteiger charge is 2.27. The molecule has 0 saturated heterocycles. The van der Waals surface area contributed by atoms with Crippen LogP contribution in [0.1, 0.15) is 43.9 Å². The van der Waals surface area contributed by atoms with Crippen molar-refractivity contribution in [1.82, 2.24) is 9.88 Å². The summed E-state index contributed by atoms with van der Waals surface area (Å²) in [4.78, 5) is 30.9. The number of Topliss-reactive ketones (excluding diaryl/α,β-unsaturated/α-hetero) is 1. The van der Waals surface area contributed by atoms with Crippen LogP contribution < -0.4 is 0 Å². The third-order valence-corrected chi connectivity index (χ3v) is 4.96. The van der Waals surface area contributed by atoms with Gasteiger partial charge in [-0.15, -0.1) is 11.3 Å². The Morgan fingerprint density at radius 2 is 2.09 bits per heavy atom. The van der Waals surface area contributed by atoms with Crippen LogP contribution in [0.2, 0.25) is 0 Å². The fourth-order valence-corrected chi connectivity index (χ4v) is 3.37. The van der Waals surface area contributed by atoms with Gasteiger partial charge in [-0.1, -0.05) is 6.07 Å². The van der Waals surface area contributed by atoms with Crippen molar-refractivity contribution in [3.63, 3.8) is 0 Å². The van der Waals surface area contributed by atoms with Crippen LogP contribution in [0.4, 0.5) is 0 Å². The lowest BCUT2D eigenvalue weighted by molar-refractivity contribution is 0.0599. The highest BCUT2D eigenvalue weighted by atomic mass is 32.1. The molecule has 0 aliphatic heterocycles. The molecule has 124 valence electrons. The quantitative estimate of drug-likeness (QED) is 0.651. The number of nitrogens with zero attached hydrogens (tertiary/aromatic N) is 1. The Morgan fingerprint density at radius 1 is 1.39 bits per heavy atom. The van der Waals surface area contributed by atoms with E-state index in [1.807, 2.05) is 30.3 Å². The third kappa shape index (κ3) is 3.54. The van der Waals surface area contributed by atoms with Crippen molar-refractivity contribution < 1.29 is 14.3 Å². The molecule has 1 atom stereocenters. The topological polar surface area (TPSA) is 62.4 Å². The Kier molecular flexibility index (Phi) is 5.38. The van der Waals surface area contributed by atoms with Gasteiger partial charge in [-0.05, 0) is 44.8 Å². The number of methoxy groups -OCH3 is 1. The van der Waals surface area contributed by atoms with Crippen LogP contribution in [0.5, 0.6) is 0 Å². The van der Waals surface area contributed by atoms with E-state index in [4.69, 9.17) is 4.74 Å². The number of likely N-dealkylation sites (N-methyl/N-ethyl adjacent to an activating group) is 1. The van der Waals surface area contributed by atoms with Gasteiger partial charge in [0, 0.05) is 17.1 Å². The first-order valence-corrected chi connectivity index (χ1v) is 8.29. The fourth-order valence-electron chi connectivity index (χ4n) is 2.60. The maximum atomic E-state index is 12.8. The summed E-state index contributed by atoms with van der Waals surface area (Å²) >= 11 is 1.67. The molecule has 6 heteroatoms. The Bertz CT molecular complexity index is 704. The maximum absolute atomic E-state index is 12.8. The van der Waals surface area contributed by atoms with Crippen molar-refractivity contribution in [3.05, 3.63) is 44.9 Å². The molecule has 2 heterocycles. The van der Waals surface area contributed by atoms with E-state index in [0.717, 1.165) is 0 Å². The molecule has 0 aliphatic rings. The van der Waals surface area contributed by atoms with Crippen molar-refractivity contribution in [2.24, 2.45) is 0 Å². The predicted molar refractivity (Wildman–Crippen MR) is 91.2 cm³/mol. The van der Waals surface area contributed by atoms with Crippen LogP contribution in [-0.4, -0.2) is 41.8 Å². The van der Waals surface area contributed by atoms with Crippen molar-refractivity contribution in [1.29, 1.82) is 0 Å². The first-order valence-electron chi connectivity index (χ1n) is 7.41. The number of rotatable bonds is 6. The monoisotopic (exact) mass is 334 g/mol. The number of esters is 1. The molecule has 0 amide bonds. The first-order chi connectivity index (χ1) is 10.9. The SMILES string of the molecule is COC(=O)c1c(C)[nH]c(C(=O)C(C)N(C)Cc2cccs2)c1C. The Labute approximate surface area is 140 Å². The number of aromatic nitrogens is 1. The molecule has 2 aromatic heterocycles. The normalized spacial score (nSPS) is 12.4. The summed E-state index contributed by atoms with van der Waals surface area (Å²) in [7, 11) is 3.27. The molecule has 2 aromatic rings. The number of hydrogen-bond donors (Lipinski definition) is 1. The highest BCUT2D eigenvalue weighted by molar-refractivity contribution is 7.09. The molecular formula is C17H22N2O3S. The zero-order valence-corrected chi connectivity index (χ0v) is 14.9. The fraction of sp³-hybridized carbons (Fsp3) is 0.412. The summed E-state index contributed by atoms with van der Waals surface area (Å²) in [5.41, 5.74) is 2.24. The largest absolute Gasteiger partial charge is 0.465 e. The minimum absolute atomic E-state index is 0.0280. The average Bonchev–Trinajstić information content (AvgIpc) is 3.13. The molecule has 0 bridgehead atoms. The highest BCUT2D eigenvalue weighted by Crippen LogP contribution is 2.22. The lowest BCUT2D eigenvalue weighted by Gasteiger charge is -2.22. The van der Waals surface area contributed by atoms with E-state index in [2.05, 4.69) is 11.1 Å². The van der Waals surface area contributed by atoms with Gasteiger partial charge in [0.25, 0.3) is 0 Å². The summed E-state index contributed by atoms with van der Waals surface area (Å²) in [6.45, 7) is 6.14. The molecule has 1 N–H and O–H groups in total. The van der Waals surface area contributed by atoms with E-state index in [1.54, 1.807) is 25.2 Å². The molecule has 23 heavy (non-hydrogen) atoms. The average molecular weight is 334 g/mol. The lowest BCUT2D eigenvalue weighted by Crippen LogP contribution is -2.35. The number of carbonyl (C=O) groups is 2. The number of nitrogens with one attached hydrogen (secondary N) is 1. The van der Waals surface area contributed by atoms with Gasteiger partial charge in [0.15, 0.2) is 5.78 Å². The number of hydrogen-bond acceptors (Lipinski definition) is 5. The van der Waals surface area contributed by atoms with Gasteiger partial charge in [0.05, 0.1) is 24.4 Å². The van der Waals surface area contributed by atoms with Gasteiger partial charge in [-0.25, -0.2) is 4.79 Å². The van der Waals surface area contributed by atoms with E-state index in [9.17, 15) is 9.59 Å². The van der Waals surface area contributed by atoms with Crippen LogP contribution >= 0.6 is 11.3 Å². The zero-order chi connectivity index (χ0) is 17.1. The van der Waals surface area contributed by atoms with Gasteiger partial charge in [-0.2, -0.15) is 0 Å². The number of H-pyrrole nitrogens is 1. The Morgan fingerprint density at radius 3 is 2.65 bits per heavy atom. The molecule has 0 aromatic carbocycles. The summed E-state index contributed by atoms with van der Waals surface area (Å²) < 4.78 is 4.79. The van der Waals surface area contributed by atoms with E-state index >= 15 is 0 Å².